The van der Waals surface area contributed by atoms with Crippen molar-refractivity contribution in [3.8, 4) is 0 Å². The maximum atomic E-state index is 4.43. The van der Waals surface area contributed by atoms with Crippen LogP contribution in [0.15, 0.2) is 12.4 Å². The summed E-state index contributed by atoms with van der Waals surface area (Å²) in [6.07, 6.45) is 7.48. The highest BCUT2D eigenvalue weighted by atomic mass is 15.2. The molecule has 0 aliphatic rings. The summed E-state index contributed by atoms with van der Waals surface area (Å²) >= 11 is 0. The Morgan fingerprint density at radius 2 is 2.00 bits per heavy atom. The van der Waals surface area contributed by atoms with Crippen LogP contribution < -0.4 is 5.32 Å². The first-order valence-corrected chi connectivity index (χ1v) is 6.90. The molecule has 4 nitrogen and oxygen atoms in total. The van der Waals surface area contributed by atoms with Crippen LogP contribution in [0, 0.1) is 0 Å². The van der Waals surface area contributed by atoms with Gasteiger partial charge in [-0.25, -0.2) is 4.98 Å². The van der Waals surface area contributed by atoms with E-state index in [2.05, 4.69) is 41.0 Å². The zero-order valence-electron chi connectivity index (χ0n) is 12.1. The predicted octanol–water partition coefficient (Wildman–Crippen LogP) is 2.92. The third-order valence-electron chi connectivity index (χ3n) is 3.11. The van der Waals surface area contributed by atoms with Gasteiger partial charge in [-0.1, -0.05) is 19.8 Å². The van der Waals surface area contributed by atoms with Crippen molar-refractivity contribution in [2.45, 2.75) is 52.6 Å². The Hall–Kier alpha value is -1.16. The smallest absolute Gasteiger partial charge is 0.144 e. The zero-order valence-corrected chi connectivity index (χ0v) is 12.1. The molecule has 0 spiro atoms. The van der Waals surface area contributed by atoms with Gasteiger partial charge >= 0.3 is 0 Å². The lowest BCUT2D eigenvalue weighted by atomic mass is 10.2. The average Bonchev–Trinajstić information content (AvgIpc) is 2.38. The minimum Gasteiger partial charge on any atom is -0.372 e. The Morgan fingerprint density at radius 1 is 1.22 bits per heavy atom. The van der Waals surface area contributed by atoms with E-state index in [9.17, 15) is 0 Å². The number of hydrogen-bond acceptors (Lipinski definition) is 4. The number of nitrogens with one attached hydrogen (secondary N) is 1. The quantitative estimate of drug-likeness (QED) is 0.720. The van der Waals surface area contributed by atoms with Gasteiger partial charge in [-0.3, -0.25) is 9.88 Å². The molecule has 0 aromatic carbocycles. The highest BCUT2D eigenvalue weighted by Gasteiger charge is 2.10. The Bertz CT molecular complexity index is 321. The van der Waals surface area contributed by atoms with Crippen molar-refractivity contribution < 1.29 is 0 Å². The second-order valence-electron chi connectivity index (χ2n) is 4.91. The lowest BCUT2D eigenvalue weighted by Gasteiger charge is -2.25. The second kappa shape index (κ2) is 8.03. The summed E-state index contributed by atoms with van der Waals surface area (Å²) in [5.41, 5.74) is 1.04. The molecule has 0 radical (unpaired) electrons. The molecule has 0 atom stereocenters. The van der Waals surface area contributed by atoms with Crippen LogP contribution in [0.3, 0.4) is 0 Å². The van der Waals surface area contributed by atoms with Gasteiger partial charge in [0.1, 0.15) is 5.82 Å². The van der Waals surface area contributed by atoms with Crippen LogP contribution in [0.25, 0.3) is 0 Å². The van der Waals surface area contributed by atoms with Crippen molar-refractivity contribution in [3.05, 3.63) is 18.1 Å². The summed E-state index contributed by atoms with van der Waals surface area (Å²) in [5.74, 6) is 0.820. The average molecular weight is 250 g/mol. The van der Waals surface area contributed by atoms with Gasteiger partial charge in [0.15, 0.2) is 0 Å². The molecule has 1 N–H and O–H groups in total. The molecule has 0 amide bonds. The number of anilines is 1. The van der Waals surface area contributed by atoms with Gasteiger partial charge in [0.05, 0.1) is 18.1 Å². The van der Waals surface area contributed by atoms with E-state index in [1.54, 1.807) is 6.20 Å². The lowest BCUT2D eigenvalue weighted by Crippen LogP contribution is -2.31. The van der Waals surface area contributed by atoms with Gasteiger partial charge < -0.3 is 5.32 Å². The molecule has 0 fully saturated rings. The van der Waals surface area contributed by atoms with E-state index in [0.717, 1.165) is 24.6 Å². The molecule has 18 heavy (non-hydrogen) atoms. The standard InChI is InChI=1S/C14H26N4/c1-5-6-7-8-18(12(2)3)11-13-9-17-14(15-4)10-16-13/h9-10,12H,5-8,11H2,1-4H3,(H,15,17). The number of nitrogens with zero attached hydrogens (tertiary/aromatic N) is 3. The van der Waals surface area contributed by atoms with Gasteiger partial charge in [0.2, 0.25) is 0 Å². The highest BCUT2D eigenvalue weighted by Crippen LogP contribution is 2.09. The molecule has 1 heterocycles. The third kappa shape index (κ3) is 5.00. The molecule has 0 bridgehead atoms. The number of unbranched alkanes of at least 4 members (excludes halogenated alkanes) is 2. The van der Waals surface area contributed by atoms with Crippen LogP contribution in [0.1, 0.15) is 45.7 Å². The van der Waals surface area contributed by atoms with Crippen LogP contribution >= 0.6 is 0 Å². The predicted molar refractivity (Wildman–Crippen MR) is 76.6 cm³/mol. The fraction of sp³-hybridized carbons (Fsp3) is 0.714. The van der Waals surface area contributed by atoms with Crippen molar-refractivity contribution in [1.29, 1.82) is 0 Å². The monoisotopic (exact) mass is 250 g/mol. The first kappa shape index (κ1) is 14.9. The maximum Gasteiger partial charge on any atom is 0.144 e. The molecule has 1 rings (SSSR count). The minimum atomic E-state index is 0.549. The van der Waals surface area contributed by atoms with E-state index in [1.807, 2.05) is 13.2 Å². The molecular weight excluding hydrogens is 224 g/mol. The molecule has 4 heteroatoms. The van der Waals surface area contributed by atoms with E-state index in [1.165, 1.54) is 19.3 Å². The fourth-order valence-electron chi connectivity index (χ4n) is 1.86. The van der Waals surface area contributed by atoms with Crippen LogP contribution in [0.5, 0.6) is 0 Å². The first-order valence-electron chi connectivity index (χ1n) is 6.90. The first-order chi connectivity index (χ1) is 8.67. The normalized spacial score (nSPS) is 11.2. The molecule has 1 aromatic heterocycles. The molecular formula is C14H26N4. The largest absolute Gasteiger partial charge is 0.372 e. The second-order valence-corrected chi connectivity index (χ2v) is 4.91. The third-order valence-corrected chi connectivity index (χ3v) is 3.11. The van der Waals surface area contributed by atoms with Crippen LogP contribution in [-0.2, 0) is 6.54 Å². The molecule has 0 saturated carbocycles. The van der Waals surface area contributed by atoms with Gasteiger partial charge in [0.25, 0.3) is 0 Å². The highest BCUT2D eigenvalue weighted by molar-refractivity contribution is 5.29. The van der Waals surface area contributed by atoms with Gasteiger partial charge in [-0.15, -0.1) is 0 Å². The van der Waals surface area contributed by atoms with E-state index in [-0.39, 0.29) is 0 Å². The zero-order chi connectivity index (χ0) is 13.4. The molecule has 0 saturated heterocycles. The van der Waals surface area contributed by atoms with E-state index in [4.69, 9.17) is 0 Å². The molecule has 0 aliphatic carbocycles. The summed E-state index contributed by atoms with van der Waals surface area (Å²) in [5, 5.41) is 2.98. The van der Waals surface area contributed by atoms with Crippen molar-refractivity contribution >= 4 is 5.82 Å². The van der Waals surface area contributed by atoms with Gasteiger partial charge in [-0.05, 0) is 26.8 Å². The van der Waals surface area contributed by atoms with Crippen molar-refractivity contribution in [3.63, 3.8) is 0 Å². The lowest BCUT2D eigenvalue weighted by molar-refractivity contribution is 0.206. The van der Waals surface area contributed by atoms with Gasteiger partial charge in [0, 0.05) is 19.6 Å². The summed E-state index contributed by atoms with van der Waals surface area (Å²) < 4.78 is 0. The topological polar surface area (TPSA) is 41.1 Å². The molecule has 0 unspecified atom stereocenters. The molecule has 0 aliphatic heterocycles. The fourth-order valence-corrected chi connectivity index (χ4v) is 1.86. The van der Waals surface area contributed by atoms with Crippen LogP contribution in [0.2, 0.25) is 0 Å². The molecule has 102 valence electrons. The Morgan fingerprint density at radius 3 is 2.50 bits per heavy atom. The Kier molecular flexibility index (Phi) is 6.65. The summed E-state index contributed by atoms with van der Waals surface area (Å²) in [4.78, 5) is 11.2. The number of rotatable bonds is 8. The van der Waals surface area contributed by atoms with E-state index in [0.29, 0.717) is 6.04 Å². The summed E-state index contributed by atoms with van der Waals surface area (Å²) in [6, 6.07) is 0.549. The van der Waals surface area contributed by atoms with Crippen LogP contribution in [0.4, 0.5) is 5.82 Å². The van der Waals surface area contributed by atoms with E-state index < -0.39 is 0 Å². The molecule has 1 aromatic rings. The van der Waals surface area contributed by atoms with Crippen molar-refractivity contribution in [2.75, 3.05) is 18.9 Å². The summed E-state index contributed by atoms with van der Waals surface area (Å²) in [6.45, 7) is 8.74. The van der Waals surface area contributed by atoms with Crippen molar-refractivity contribution in [1.82, 2.24) is 14.9 Å². The Labute approximate surface area is 111 Å². The van der Waals surface area contributed by atoms with Crippen molar-refractivity contribution in [2.24, 2.45) is 0 Å². The SMILES string of the molecule is CCCCCN(Cc1cnc(NC)cn1)C(C)C. The van der Waals surface area contributed by atoms with Crippen LogP contribution in [-0.4, -0.2) is 34.5 Å². The maximum absolute atomic E-state index is 4.43. The minimum absolute atomic E-state index is 0.549. The Balaban J connectivity index is 2.53. The number of aromatic nitrogens is 2. The summed E-state index contributed by atoms with van der Waals surface area (Å²) in [7, 11) is 1.86. The van der Waals surface area contributed by atoms with Gasteiger partial charge in [-0.2, -0.15) is 0 Å². The van der Waals surface area contributed by atoms with E-state index >= 15 is 0 Å². The number of hydrogen-bond donors (Lipinski definition) is 1.